The summed E-state index contributed by atoms with van der Waals surface area (Å²) in [5.74, 6) is -1.52. The van der Waals surface area contributed by atoms with Crippen LogP contribution in [0.1, 0.15) is 44.0 Å². The number of carbonyl (C=O) groups excluding carboxylic acids is 2. The molecule has 7 heteroatoms. The van der Waals surface area contributed by atoms with Gasteiger partial charge in [0.15, 0.2) is 0 Å². The number of carboxylic acids is 1. The number of amides is 2. The van der Waals surface area contributed by atoms with Crippen LogP contribution in [0.2, 0.25) is 0 Å². The summed E-state index contributed by atoms with van der Waals surface area (Å²) in [5, 5.41) is 12.2. The topological polar surface area (TPSA) is 99.6 Å². The molecule has 4 rings (SSSR count). The van der Waals surface area contributed by atoms with Gasteiger partial charge in [-0.05, 0) is 59.9 Å². The Hall–Kier alpha value is -4.78. The maximum Gasteiger partial charge on any atom is 0.305 e. The van der Waals surface area contributed by atoms with Crippen LogP contribution >= 0.6 is 0 Å². The van der Waals surface area contributed by atoms with Crippen LogP contribution in [0.15, 0.2) is 97.2 Å². The van der Waals surface area contributed by atoms with Crippen molar-refractivity contribution in [3.05, 3.63) is 125 Å². The first kappa shape index (κ1) is 27.3. The lowest BCUT2D eigenvalue weighted by atomic mass is 9.94. The second-order valence-corrected chi connectivity index (χ2v) is 9.21. The second-order valence-electron chi connectivity index (χ2n) is 9.21. The normalized spacial score (nSPS) is 10.6. The van der Waals surface area contributed by atoms with E-state index in [1.807, 2.05) is 73.7 Å². The van der Waals surface area contributed by atoms with Crippen molar-refractivity contribution in [2.45, 2.75) is 26.3 Å². The van der Waals surface area contributed by atoms with Crippen molar-refractivity contribution in [2.75, 3.05) is 13.1 Å². The molecule has 0 aliphatic carbocycles. The van der Waals surface area contributed by atoms with Crippen LogP contribution < -0.4 is 5.32 Å². The van der Waals surface area contributed by atoms with Gasteiger partial charge in [-0.15, -0.1) is 0 Å². The van der Waals surface area contributed by atoms with Crippen LogP contribution in [0, 0.1) is 6.92 Å². The van der Waals surface area contributed by atoms with E-state index in [0.29, 0.717) is 35.2 Å². The van der Waals surface area contributed by atoms with E-state index >= 15 is 0 Å². The van der Waals surface area contributed by atoms with Gasteiger partial charge in [0, 0.05) is 30.4 Å². The summed E-state index contributed by atoms with van der Waals surface area (Å²) in [4.78, 5) is 44.3. The molecule has 0 aliphatic heterocycles. The molecule has 0 bridgehead atoms. The van der Waals surface area contributed by atoms with Crippen molar-refractivity contribution >= 4 is 17.8 Å². The van der Waals surface area contributed by atoms with Gasteiger partial charge in [-0.1, -0.05) is 66.7 Å². The maximum atomic E-state index is 13.9. The van der Waals surface area contributed by atoms with Crippen molar-refractivity contribution in [2.24, 2.45) is 0 Å². The van der Waals surface area contributed by atoms with Crippen LogP contribution in [0.25, 0.3) is 11.1 Å². The Morgan fingerprint density at radius 1 is 0.795 bits per heavy atom. The zero-order valence-corrected chi connectivity index (χ0v) is 21.8. The van der Waals surface area contributed by atoms with Gasteiger partial charge in [0.2, 0.25) is 0 Å². The number of benzene rings is 3. The highest BCUT2D eigenvalue weighted by molar-refractivity contribution is 6.06. The number of hydrogen-bond acceptors (Lipinski definition) is 4. The Bertz CT molecular complexity index is 1450. The molecular weight excluding hydrogens is 490 g/mol. The van der Waals surface area contributed by atoms with E-state index in [9.17, 15) is 19.5 Å². The first-order valence-corrected chi connectivity index (χ1v) is 12.9. The van der Waals surface area contributed by atoms with Crippen molar-refractivity contribution in [1.29, 1.82) is 0 Å². The average Bonchev–Trinajstić information content (AvgIpc) is 2.97. The van der Waals surface area contributed by atoms with Gasteiger partial charge in [0.25, 0.3) is 11.8 Å². The number of carboxylic acid groups (broad SMARTS) is 1. The predicted octanol–water partition coefficient (Wildman–Crippen LogP) is 5.15. The summed E-state index contributed by atoms with van der Waals surface area (Å²) in [6, 6.07) is 27.8. The van der Waals surface area contributed by atoms with Crippen LogP contribution in [0.5, 0.6) is 0 Å². The zero-order chi connectivity index (χ0) is 27.6. The third-order valence-corrected chi connectivity index (χ3v) is 6.57. The van der Waals surface area contributed by atoms with Crippen molar-refractivity contribution in [3.63, 3.8) is 0 Å². The molecule has 0 unspecified atom stereocenters. The molecule has 4 aromatic rings. The summed E-state index contributed by atoms with van der Waals surface area (Å²) < 4.78 is 0. The minimum atomic E-state index is -0.966. The Balaban J connectivity index is 1.61. The second kappa shape index (κ2) is 13.1. The maximum absolute atomic E-state index is 13.9. The van der Waals surface area contributed by atoms with Crippen molar-refractivity contribution in [3.8, 4) is 11.1 Å². The number of nitrogens with zero attached hydrogens (tertiary/aromatic N) is 2. The van der Waals surface area contributed by atoms with Gasteiger partial charge in [-0.3, -0.25) is 19.4 Å². The quantitative estimate of drug-likeness (QED) is 0.285. The van der Waals surface area contributed by atoms with Crippen LogP contribution in [-0.4, -0.2) is 45.9 Å². The summed E-state index contributed by atoms with van der Waals surface area (Å²) in [7, 11) is 0. The molecule has 0 atom stereocenters. The standard InChI is InChI=1S/C32H31N3O4/c1-23-10-2-3-11-24(23)17-20-35(21-18-30(36)37)32(39)29-16-7-5-14-27(29)26-13-4-6-15-28(26)31(38)34-22-25-12-8-9-19-33-25/h2-16,19H,17-18,20-22H2,1H3,(H,34,38)(H,36,37). The largest absolute Gasteiger partial charge is 0.481 e. The number of carbonyl (C=O) groups is 3. The van der Waals surface area contributed by atoms with Crippen molar-refractivity contribution < 1.29 is 19.5 Å². The molecular formula is C32H31N3O4. The SMILES string of the molecule is Cc1ccccc1CCN(CCC(=O)O)C(=O)c1ccccc1-c1ccccc1C(=O)NCc1ccccn1. The molecule has 1 aromatic heterocycles. The predicted molar refractivity (Wildman–Crippen MR) is 150 cm³/mol. The molecule has 0 radical (unpaired) electrons. The lowest BCUT2D eigenvalue weighted by molar-refractivity contribution is -0.137. The first-order chi connectivity index (χ1) is 18.9. The number of hydrogen-bond donors (Lipinski definition) is 2. The van der Waals surface area contributed by atoms with Crippen molar-refractivity contribution in [1.82, 2.24) is 15.2 Å². The molecule has 0 fully saturated rings. The number of rotatable bonds is 11. The van der Waals surface area contributed by atoms with E-state index < -0.39 is 5.97 Å². The molecule has 39 heavy (non-hydrogen) atoms. The highest BCUT2D eigenvalue weighted by Gasteiger charge is 2.22. The van der Waals surface area contributed by atoms with E-state index in [2.05, 4.69) is 10.3 Å². The number of nitrogens with one attached hydrogen (secondary N) is 1. The van der Waals surface area contributed by atoms with E-state index in [-0.39, 0.29) is 31.3 Å². The molecule has 0 spiro atoms. The fourth-order valence-electron chi connectivity index (χ4n) is 4.45. The summed E-state index contributed by atoms with van der Waals surface area (Å²) in [6.45, 7) is 2.75. The van der Waals surface area contributed by atoms with Gasteiger partial charge in [0.05, 0.1) is 18.7 Å². The Morgan fingerprint density at radius 3 is 2.13 bits per heavy atom. The number of aryl methyl sites for hydroxylation is 1. The fraction of sp³-hybridized carbons (Fsp3) is 0.188. The number of aliphatic carboxylic acids is 1. The van der Waals surface area contributed by atoms with Gasteiger partial charge in [0.1, 0.15) is 0 Å². The number of pyridine rings is 1. The van der Waals surface area contributed by atoms with E-state index in [0.717, 1.165) is 16.8 Å². The first-order valence-electron chi connectivity index (χ1n) is 12.9. The van der Waals surface area contributed by atoms with Gasteiger partial charge >= 0.3 is 5.97 Å². The minimum Gasteiger partial charge on any atom is -0.481 e. The zero-order valence-electron chi connectivity index (χ0n) is 21.8. The molecule has 3 aromatic carbocycles. The molecule has 7 nitrogen and oxygen atoms in total. The molecule has 1 heterocycles. The van der Waals surface area contributed by atoms with Gasteiger partial charge in [-0.2, -0.15) is 0 Å². The van der Waals surface area contributed by atoms with E-state index in [1.165, 1.54) is 0 Å². The van der Waals surface area contributed by atoms with Crippen LogP contribution in [0.3, 0.4) is 0 Å². The summed E-state index contributed by atoms with van der Waals surface area (Å²) in [6.07, 6.45) is 2.12. The minimum absolute atomic E-state index is 0.0839. The van der Waals surface area contributed by atoms with Crippen LogP contribution in [0.4, 0.5) is 0 Å². The van der Waals surface area contributed by atoms with Gasteiger partial charge < -0.3 is 15.3 Å². The molecule has 0 saturated heterocycles. The molecule has 198 valence electrons. The average molecular weight is 522 g/mol. The van der Waals surface area contributed by atoms with Gasteiger partial charge in [-0.25, -0.2) is 0 Å². The fourth-order valence-corrected chi connectivity index (χ4v) is 4.45. The van der Waals surface area contributed by atoms with E-state index in [4.69, 9.17) is 0 Å². The summed E-state index contributed by atoms with van der Waals surface area (Å²) in [5.41, 5.74) is 5.05. The molecule has 2 amide bonds. The highest BCUT2D eigenvalue weighted by atomic mass is 16.4. The Kier molecular flexibility index (Phi) is 9.19. The Labute approximate surface area is 228 Å². The smallest absolute Gasteiger partial charge is 0.305 e. The lowest BCUT2D eigenvalue weighted by Crippen LogP contribution is -2.35. The third kappa shape index (κ3) is 7.17. The molecule has 2 N–H and O–H groups in total. The lowest BCUT2D eigenvalue weighted by Gasteiger charge is -2.24. The third-order valence-electron chi connectivity index (χ3n) is 6.57. The van der Waals surface area contributed by atoms with Crippen LogP contribution in [-0.2, 0) is 17.8 Å². The monoisotopic (exact) mass is 521 g/mol. The highest BCUT2D eigenvalue weighted by Crippen LogP contribution is 2.28. The Morgan fingerprint density at radius 2 is 1.44 bits per heavy atom. The molecule has 0 aliphatic rings. The van der Waals surface area contributed by atoms with E-state index in [1.54, 1.807) is 35.4 Å². The number of aromatic nitrogens is 1. The summed E-state index contributed by atoms with van der Waals surface area (Å²) >= 11 is 0. The molecule has 0 saturated carbocycles.